The first kappa shape index (κ1) is 24.0. The third kappa shape index (κ3) is 4.32. The number of ether oxygens (including phenoxy) is 3. The summed E-state index contributed by atoms with van der Waals surface area (Å²) in [6.45, 7) is 4.14. The molecule has 4 rings (SSSR count). The predicted octanol–water partition coefficient (Wildman–Crippen LogP) is 4.82. The van der Waals surface area contributed by atoms with E-state index in [1.54, 1.807) is 26.0 Å². The number of allylic oxidation sites excluding steroid dienone is 2. The SMILES string of the molecule is C=C1NC2=C(C(=O)CC(c3ccc(OC)c(OC)c3)C2)C(c2ccc(SC)cc2)C1C(=O)OC. The highest BCUT2D eigenvalue weighted by Crippen LogP contribution is 2.47. The molecular weight excluding hydrogens is 450 g/mol. The molecule has 6 nitrogen and oxygen atoms in total. The van der Waals surface area contributed by atoms with Gasteiger partial charge in [-0.05, 0) is 54.0 Å². The van der Waals surface area contributed by atoms with E-state index in [1.807, 2.05) is 48.7 Å². The van der Waals surface area contributed by atoms with Gasteiger partial charge in [-0.1, -0.05) is 24.8 Å². The van der Waals surface area contributed by atoms with E-state index in [2.05, 4.69) is 11.9 Å². The fourth-order valence-corrected chi connectivity index (χ4v) is 5.38. The molecule has 178 valence electrons. The number of carbonyl (C=O) groups excluding carboxylic acids is 2. The zero-order valence-corrected chi connectivity index (χ0v) is 20.7. The van der Waals surface area contributed by atoms with E-state index in [1.165, 1.54) is 7.11 Å². The summed E-state index contributed by atoms with van der Waals surface area (Å²) in [5.74, 6) is -0.249. The summed E-state index contributed by atoms with van der Waals surface area (Å²) in [5.41, 5.74) is 3.92. The van der Waals surface area contributed by atoms with E-state index in [4.69, 9.17) is 14.2 Å². The molecule has 1 aliphatic heterocycles. The minimum atomic E-state index is -0.675. The number of carbonyl (C=O) groups is 2. The van der Waals surface area contributed by atoms with Gasteiger partial charge < -0.3 is 19.5 Å². The maximum atomic E-state index is 13.6. The first-order valence-corrected chi connectivity index (χ1v) is 12.3. The number of rotatable bonds is 6. The van der Waals surface area contributed by atoms with Crippen LogP contribution in [-0.2, 0) is 14.3 Å². The summed E-state index contributed by atoms with van der Waals surface area (Å²) in [7, 11) is 4.56. The molecule has 3 unspecified atom stereocenters. The van der Waals surface area contributed by atoms with Gasteiger partial charge in [-0.15, -0.1) is 11.8 Å². The van der Waals surface area contributed by atoms with Gasteiger partial charge in [0.15, 0.2) is 17.3 Å². The van der Waals surface area contributed by atoms with Crippen molar-refractivity contribution in [2.45, 2.75) is 29.6 Å². The van der Waals surface area contributed by atoms with Gasteiger partial charge in [-0.3, -0.25) is 9.59 Å². The maximum absolute atomic E-state index is 13.6. The van der Waals surface area contributed by atoms with Gasteiger partial charge in [-0.25, -0.2) is 0 Å². The third-order valence-corrected chi connectivity index (χ3v) is 7.39. The number of hydrogen-bond donors (Lipinski definition) is 1. The lowest BCUT2D eigenvalue weighted by atomic mass is 9.69. The van der Waals surface area contributed by atoms with E-state index in [-0.39, 0.29) is 11.7 Å². The topological polar surface area (TPSA) is 73.9 Å². The third-order valence-electron chi connectivity index (χ3n) is 6.65. The van der Waals surface area contributed by atoms with Crippen molar-refractivity contribution in [3.8, 4) is 11.5 Å². The van der Waals surface area contributed by atoms with Gasteiger partial charge in [0.2, 0.25) is 0 Å². The van der Waals surface area contributed by atoms with Crippen LogP contribution >= 0.6 is 11.8 Å². The van der Waals surface area contributed by atoms with Gasteiger partial charge >= 0.3 is 5.97 Å². The largest absolute Gasteiger partial charge is 0.493 e. The molecule has 2 aliphatic rings. The Bertz CT molecular complexity index is 1150. The summed E-state index contributed by atoms with van der Waals surface area (Å²) in [6.07, 6.45) is 2.98. The maximum Gasteiger partial charge on any atom is 0.315 e. The Kier molecular flexibility index (Phi) is 7.03. The zero-order valence-electron chi connectivity index (χ0n) is 19.8. The first-order valence-electron chi connectivity index (χ1n) is 11.1. The second kappa shape index (κ2) is 9.97. The average Bonchev–Trinajstić information content (AvgIpc) is 2.86. The van der Waals surface area contributed by atoms with Gasteiger partial charge in [0.1, 0.15) is 5.92 Å². The average molecular weight is 480 g/mol. The van der Waals surface area contributed by atoms with Crippen LogP contribution in [0.15, 0.2) is 70.9 Å². The normalized spacial score (nSPS) is 22.1. The van der Waals surface area contributed by atoms with Crippen LogP contribution in [0.1, 0.15) is 35.8 Å². The Hall–Kier alpha value is -3.19. The molecule has 1 heterocycles. The summed E-state index contributed by atoms with van der Waals surface area (Å²) < 4.78 is 15.9. The van der Waals surface area contributed by atoms with Crippen LogP contribution in [0.3, 0.4) is 0 Å². The van der Waals surface area contributed by atoms with Crippen molar-refractivity contribution in [3.05, 3.63) is 77.1 Å². The Morgan fingerprint density at radius 3 is 2.29 bits per heavy atom. The Morgan fingerprint density at radius 1 is 1.00 bits per heavy atom. The van der Waals surface area contributed by atoms with Crippen molar-refractivity contribution in [3.63, 3.8) is 0 Å². The molecule has 1 N–H and O–H groups in total. The van der Waals surface area contributed by atoms with Crippen molar-refractivity contribution in [1.82, 2.24) is 5.32 Å². The van der Waals surface area contributed by atoms with E-state index in [0.29, 0.717) is 35.6 Å². The zero-order chi connectivity index (χ0) is 24.4. The van der Waals surface area contributed by atoms with Gasteiger partial charge in [-0.2, -0.15) is 0 Å². The molecule has 34 heavy (non-hydrogen) atoms. The Balaban J connectivity index is 1.76. The molecule has 1 aliphatic carbocycles. The van der Waals surface area contributed by atoms with Gasteiger partial charge in [0.05, 0.1) is 21.3 Å². The van der Waals surface area contributed by atoms with Crippen LogP contribution in [0, 0.1) is 5.92 Å². The van der Waals surface area contributed by atoms with Crippen LogP contribution < -0.4 is 14.8 Å². The molecule has 0 saturated heterocycles. The number of nitrogens with one attached hydrogen (secondary N) is 1. The molecule has 0 saturated carbocycles. The van der Waals surface area contributed by atoms with E-state index in [0.717, 1.165) is 21.7 Å². The molecule has 0 bridgehead atoms. The van der Waals surface area contributed by atoms with Gasteiger partial charge in [0.25, 0.3) is 0 Å². The smallest absolute Gasteiger partial charge is 0.315 e. The number of methoxy groups -OCH3 is 3. The highest BCUT2D eigenvalue weighted by Gasteiger charge is 2.45. The fraction of sp³-hybridized carbons (Fsp3) is 0.333. The predicted molar refractivity (Wildman–Crippen MR) is 132 cm³/mol. The number of esters is 1. The molecule has 0 fully saturated rings. The van der Waals surface area contributed by atoms with Crippen LogP contribution in [0.25, 0.3) is 0 Å². The lowest BCUT2D eigenvalue weighted by molar-refractivity contribution is -0.144. The van der Waals surface area contributed by atoms with Crippen LogP contribution in [0.5, 0.6) is 11.5 Å². The second-order valence-corrected chi connectivity index (χ2v) is 9.32. The van der Waals surface area contributed by atoms with Crippen molar-refractivity contribution in [2.75, 3.05) is 27.6 Å². The minimum Gasteiger partial charge on any atom is -0.493 e. The lowest BCUT2D eigenvalue weighted by Crippen LogP contribution is -2.42. The molecule has 0 amide bonds. The molecule has 3 atom stereocenters. The van der Waals surface area contributed by atoms with Crippen LogP contribution in [0.2, 0.25) is 0 Å². The molecule has 0 radical (unpaired) electrons. The summed E-state index contributed by atoms with van der Waals surface area (Å²) in [5, 5.41) is 3.29. The molecule has 2 aromatic rings. The monoisotopic (exact) mass is 479 g/mol. The van der Waals surface area contributed by atoms with E-state index >= 15 is 0 Å². The second-order valence-electron chi connectivity index (χ2n) is 8.44. The van der Waals surface area contributed by atoms with Crippen molar-refractivity contribution in [2.24, 2.45) is 5.92 Å². The number of benzene rings is 2. The standard InChI is InChI=1S/C27H29NO5S/c1-15-24(27(30)33-4)25(16-6-9-19(34-5)10-7-16)26-20(28-15)12-18(13-21(26)29)17-8-11-22(31-2)23(14-17)32-3/h6-11,14,18,24-25,28H,1,12-13H2,2-5H3. The Morgan fingerprint density at radius 2 is 1.68 bits per heavy atom. The van der Waals surface area contributed by atoms with Crippen molar-refractivity contribution in [1.29, 1.82) is 0 Å². The highest BCUT2D eigenvalue weighted by atomic mass is 32.2. The van der Waals surface area contributed by atoms with E-state index in [9.17, 15) is 9.59 Å². The minimum absolute atomic E-state index is 0.0221. The quantitative estimate of drug-likeness (QED) is 0.470. The lowest BCUT2D eigenvalue weighted by Gasteiger charge is -2.40. The molecule has 2 aromatic carbocycles. The first-order chi connectivity index (χ1) is 16.4. The van der Waals surface area contributed by atoms with Gasteiger partial charge in [0, 0.05) is 34.2 Å². The summed E-state index contributed by atoms with van der Waals surface area (Å²) in [6, 6.07) is 13.8. The fourth-order valence-electron chi connectivity index (χ4n) is 4.97. The van der Waals surface area contributed by atoms with Crippen LogP contribution in [0.4, 0.5) is 0 Å². The van der Waals surface area contributed by atoms with Crippen molar-refractivity contribution >= 4 is 23.5 Å². The molecular formula is C27H29NO5S. The number of hydrogen-bond acceptors (Lipinski definition) is 7. The summed E-state index contributed by atoms with van der Waals surface area (Å²) in [4.78, 5) is 27.5. The highest BCUT2D eigenvalue weighted by molar-refractivity contribution is 7.98. The number of Topliss-reactive ketones (excluding diaryl/α,β-unsaturated/α-hetero) is 1. The molecule has 0 spiro atoms. The number of ketones is 1. The van der Waals surface area contributed by atoms with Crippen LogP contribution in [-0.4, -0.2) is 39.3 Å². The summed E-state index contributed by atoms with van der Waals surface area (Å²) >= 11 is 1.64. The van der Waals surface area contributed by atoms with Crippen molar-refractivity contribution < 1.29 is 23.8 Å². The van der Waals surface area contributed by atoms with E-state index < -0.39 is 17.8 Å². The molecule has 7 heteroatoms. The Labute approximate surface area is 204 Å². The number of thioether (sulfide) groups is 1. The molecule has 0 aromatic heterocycles.